The van der Waals surface area contributed by atoms with Gasteiger partial charge in [0.25, 0.3) is 0 Å². The first-order chi connectivity index (χ1) is 14.7. The number of rotatable bonds is 7. The maximum absolute atomic E-state index is 13.3. The van der Waals surface area contributed by atoms with E-state index in [0.717, 1.165) is 16.0 Å². The van der Waals surface area contributed by atoms with Crippen LogP contribution in [0.15, 0.2) is 102 Å². The van der Waals surface area contributed by atoms with Crippen molar-refractivity contribution in [3.05, 3.63) is 124 Å². The summed E-state index contributed by atoms with van der Waals surface area (Å²) in [5.74, 6) is -0.544. The Kier molecular flexibility index (Phi) is 6.32. The first-order valence-electron chi connectivity index (χ1n) is 9.66. The summed E-state index contributed by atoms with van der Waals surface area (Å²) in [4.78, 5) is 14.4. The molecule has 0 saturated heterocycles. The number of thiophene rings is 1. The summed E-state index contributed by atoms with van der Waals surface area (Å²) in [5.41, 5.74) is 2.49. The molecule has 0 radical (unpaired) electrons. The number of hydrogen-bond acceptors (Lipinski definition) is 3. The van der Waals surface area contributed by atoms with Crippen LogP contribution in [-0.2, 0) is 4.79 Å². The molecule has 4 aromatic rings. The Morgan fingerprint density at radius 2 is 1.40 bits per heavy atom. The van der Waals surface area contributed by atoms with Crippen LogP contribution in [0.3, 0.4) is 0 Å². The molecule has 1 aromatic heterocycles. The van der Waals surface area contributed by atoms with Crippen molar-refractivity contribution in [2.45, 2.75) is 12.1 Å². The van der Waals surface area contributed by atoms with Crippen molar-refractivity contribution in [3.63, 3.8) is 0 Å². The van der Waals surface area contributed by atoms with Gasteiger partial charge in [0, 0.05) is 10.6 Å². The van der Waals surface area contributed by atoms with E-state index in [0.29, 0.717) is 5.69 Å². The topological polar surface area (TPSA) is 41.1 Å². The molecule has 0 aliphatic carbocycles. The second-order valence-electron chi connectivity index (χ2n) is 6.87. The van der Waals surface area contributed by atoms with Gasteiger partial charge in [-0.3, -0.25) is 10.1 Å². The molecule has 5 heteroatoms. The van der Waals surface area contributed by atoms with E-state index in [1.54, 1.807) is 23.5 Å². The van der Waals surface area contributed by atoms with E-state index in [1.807, 2.05) is 60.0 Å². The molecule has 150 valence electrons. The lowest BCUT2D eigenvalue weighted by Gasteiger charge is -2.25. The molecule has 0 aliphatic rings. The van der Waals surface area contributed by atoms with Crippen molar-refractivity contribution >= 4 is 22.9 Å². The predicted octanol–water partition coefficient (Wildman–Crippen LogP) is 5.95. The van der Waals surface area contributed by atoms with Crippen LogP contribution in [-0.4, -0.2) is 5.91 Å². The molecule has 0 aliphatic heterocycles. The Morgan fingerprint density at radius 1 is 0.767 bits per heavy atom. The van der Waals surface area contributed by atoms with Crippen molar-refractivity contribution in [2.75, 3.05) is 5.32 Å². The Labute approximate surface area is 179 Å². The Bertz CT molecular complexity index is 1070. The average Bonchev–Trinajstić information content (AvgIpc) is 3.32. The molecule has 3 aromatic carbocycles. The number of anilines is 1. The van der Waals surface area contributed by atoms with Crippen molar-refractivity contribution in [2.24, 2.45) is 0 Å². The van der Waals surface area contributed by atoms with E-state index < -0.39 is 6.04 Å². The molecule has 0 fully saturated rings. The Hall–Kier alpha value is -3.28. The van der Waals surface area contributed by atoms with Gasteiger partial charge in [-0.1, -0.05) is 66.7 Å². The van der Waals surface area contributed by atoms with E-state index in [-0.39, 0.29) is 17.8 Å². The maximum Gasteiger partial charge on any atom is 0.246 e. The smallest absolute Gasteiger partial charge is 0.246 e. The van der Waals surface area contributed by atoms with Gasteiger partial charge in [-0.05, 0) is 46.8 Å². The summed E-state index contributed by atoms with van der Waals surface area (Å²) < 4.78 is 13.2. The number of nitrogens with one attached hydrogen (secondary N) is 2. The van der Waals surface area contributed by atoms with Crippen molar-refractivity contribution in [1.82, 2.24) is 5.32 Å². The number of amides is 1. The molecule has 0 spiro atoms. The summed E-state index contributed by atoms with van der Waals surface area (Å²) >= 11 is 1.64. The van der Waals surface area contributed by atoms with E-state index in [2.05, 4.69) is 28.8 Å². The highest BCUT2D eigenvalue weighted by Gasteiger charge is 2.26. The zero-order valence-corrected chi connectivity index (χ0v) is 17.0. The van der Waals surface area contributed by atoms with Crippen LogP contribution < -0.4 is 10.6 Å². The first-order valence-corrected chi connectivity index (χ1v) is 10.5. The van der Waals surface area contributed by atoms with Crippen LogP contribution in [0.5, 0.6) is 0 Å². The zero-order valence-electron chi connectivity index (χ0n) is 16.2. The number of carbonyl (C=O) groups is 1. The quantitative estimate of drug-likeness (QED) is 0.391. The second kappa shape index (κ2) is 9.48. The van der Waals surface area contributed by atoms with E-state index in [4.69, 9.17) is 0 Å². The third-order valence-corrected chi connectivity index (χ3v) is 5.74. The van der Waals surface area contributed by atoms with Crippen molar-refractivity contribution in [3.8, 4) is 0 Å². The number of halogens is 1. The minimum absolute atomic E-state index is 0.143. The maximum atomic E-state index is 13.3. The average molecular weight is 417 g/mol. The Morgan fingerprint density at radius 3 is 2.00 bits per heavy atom. The summed E-state index contributed by atoms with van der Waals surface area (Å²) in [6, 6.07) is 28.8. The van der Waals surface area contributed by atoms with Crippen LogP contribution in [0.25, 0.3) is 0 Å². The molecule has 1 amide bonds. The van der Waals surface area contributed by atoms with Crippen molar-refractivity contribution < 1.29 is 9.18 Å². The summed E-state index contributed by atoms with van der Waals surface area (Å²) in [5, 5.41) is 8.48. The molecule has 0 unspecified atom stereocenters. The molecule has 30 heavy (non-hydrogen) atoms. The fraction of sp³-hybridized carbons (Fsp3) is 0.0800. The van der Waals surface area contributed by atoms with Gasteiger partial charge in [-0.25, -0.2) is 4.39 Å². The van der Waals surface area contributed by atoms with Gasteiger partial charge < -0.3 is 5.32 Å². The summed E-state index contributed by atoms with van der Waals surface area (Å²) in [7, 11) is 0. The Balaban J connectivity index is 1.66. The fourth-order valence-corrected chi connectivity index (χ4v) is 4.14. The van der Waals surface area contributed by atoms with Gasteiger partial charge >= 0.3 is 0 Å². The summed E-state index contributed by atoms with van der Waals surface area (Å²) in [6.07, 6.45) is 0. The predicted molar refractivity (Wildman–Crippen MR) is 120 cm³/mol. The third kappa shape index (κ3) is 4.82. The van der Waals surface area contributed by atoms with Gasteiger partial charge in [0.15, 0.2) is 0 Å². The second-order valence-corrected chi connectivity index (χ2v) is 7.84. The highest BCUT2D eigenvalue weighted by atomic mass is 32.1. The molecule has 3 nitrogen and oxygen atoms in total. The molecular weight excluding hydrogens is 395 g/mol. The molecule has 2 N–H and O–H groups in total. The molecule has 0 bridgehead atoms. The van der Waals surface area contributed by atoms with E-state index in [9.17, 15) is 9.18 Å². The van der Waals surface area contributed by atoms with Crippen LogP contribution in [0.4, 0.5) is 10.1 Å². The summed E-state index contributed by atoms with van der Waals surface area (Å²) in [6.45, 7) is 0. The van der Waals surface area contributed by atoms with Crippen molar-refractivity contribution in [1.29, 1.82) is 0 Å². The largest absolute Gasteiger partial charge is 0.324 e. The van der Waals surface area contributed by atoms with Crippen LogP contribution in [0.1, 0.15) is 28.1 Å². The standard InChI is InChI=1S/C25H21FN2OS/c26-20-13-15-21(16-14-20)27-25(29)24(19-10-5-2-6-11-19)28-23(22-12-7-17-30-22)18-8-3-1-4-9-18/h1-17,23-24,28H,(H,27,29)/t23-,24-/m1/s1. The minimum Gasteiger partial charge on any atom is -0.324 e. The molecule has 2 atom stereocenters. The highest BCUT2D eigenvalue weighted by Crippen LogP contribution is 2.29. The number of carbonyl (C=O) groups excluding carboxylic acids is 1. The van der Waals surface area contributed by atoms with Gasteiger partial charge in [0.2, 0.25) is 5.91 Å². The van der Waals surface area contributed by atoms with Gasteiger partial charge in [-0.15, -0.1) is 11.3 Å². The monoisotopic (exact) mass is 416 g/mol. The SMILES string of the molecule is O=C(Nc1ccc(F)cc1)[C@H](N[C@H](c1ccccc1)c1cccs1)c1ccccc1. The van der Waals surface area contributed by atoms with Crippen LogP contribution in [0.2, 0.25) is 0 Å². The number of benzene rings is 3. The van der Waals surface area contributed by atoms with Crippen LogP contribution >= 0.6 is 11.3 Å². The third-order valence-electron chi connectivity index (χ3n) is 4.80. The van der Waals surface area contributed by atoms with Gasteiger partial charge in [0.1, 0.15) is 11.9 Å². The van der Waals surface area contributed by atoms with Gasteiger partial charge in [0.05, 0.1) is 6.04 Å². The normalized spacial score (nSPS) is 12.8. The lowest BCUT2D eigenvalue weighted by Crippen LogP contribution is -2.35. The molecule has 1 heterocycles. The first kappa shape index (κ1) is 20.0. The lowest BCUT2D eigenvalue weighted by molar-refractivity contribution is -0.118. The van der Waals surface area contributed by atoms with Crippen LogP contribution in [0, 0.1) is 5.82 Å². The molecular formula is C25H21FN2OS. The zero-order chi connectivity index (χ0) is 20.8. The molecule has 4 rings (SSSR count). The number of hydrogen-bond donors (Lipinski definition) is 2. The van der Waals surface area contributed by atoms with Gasteiger partial charge in [-0.2, -0.15) is 0 Å². The molecule has 0 saturated carbocycles. The lowest BCUT2D eigenvalue weighted by atomic mass is 10.0. The fourth-order valence-electron chi connectivity index (χ4n) is 3.33. The minimum atomic E-state index is -0.594. The van der Waals surface area contributed by atoms with E-state index >= 15 is 0 Å². The highest BCUT2D eigenvalue weighted by molar-refractivity contribution is 7.10. The van der Waals surface area contributed by atoms with E-state index in [1.165, 1.54) is 12.1 Å².